The standard InChI is InChI=1S/C18H22N4O3.ClH/c1-11-6-12(7-19)10-22(11)16(23)9-21-18(25)14-8-20-15-5-3-2-4-13(15)17(14)24;/h2-5,8,11-12H,6-7,9-10,19H2,1H3,(H,20,24)(H,21,25);1H. The fourth-order valence-corrected chi connectivity index (χ4v) is 3.35. The lowest BCUT2D eigenvalue weighted by Crippen LogP contribution is -2.42. The van der Waals surface area contributed by atoms with Crippen LogP contribution in [0, 0.1) is 5.92 Å². The molecule has 2 unspecified atom stereocenters. The van der Waals surface area contributed by atoms with E-state index in [4.69, 9.17) is 5.73 Å². The minimum atomic E-state index is -0.553. The molecule has 0 radical (unpaired) electrons. The van der Waals surface area contributed by atoms with E-state index in [1.807, 2.05) is 13.0 Å². The van der Waals surface area contributed by atoms with E-state index >= 15 is 0 Å². The van der Waals surface area contributed by atoms with Gasteiger partial charge in [0, 0.05) is 29.7 Å². The van der Waals surface area contributed by atoms with E-state index in [0.29, 0.717) is 29.9 Å². The molecule has 1 fully saturated rings. The van der Waals surface area contributed by atoms with Gasteiger partial charge in [0.05, 0.1) is 6.54 Å². The maximum Gasteiger partial charge on any atom is 0.257 e. The molecule has 0 spiro atoms. The molecule has 2 aromatic rings. The van der Waals surface area contributed by atoms with Crippen LogP contribution in [0.2, 0.25) is 0 Å². The molecule has 1 saturated heterocycles. The Labute approximate surface area is 157 Å². The summed E-state index contributed by atoms with van der Waals surface area (Å²) in [5.41, 5.74) is 5.99. The third-order valence-corrected chi connectivity index (χ3v) is 4.75. The maximum absolute atomic E-state index is 12.4. The molecule has 7 nitrogen and oxygen atoms in total. The summed E-state index contributed by atoms with van der Waals surface area (Å²) >= 11 is 0. The number of carbonyl (C=O) groups is 2. The number of para-hydroxylation sites is 1. The fourth-order valence-electron chi connectivity index (χ4n) is 3.35. The van der Waals surface area contributed by atoms with Crippen molar-refractivity contribution >= 4 is 35.1 Å². The summed E-state index contributed by atoms with van der Waals surface area (Å²) in [6, 6.07) is 7.09. The van der Waals surface area contributed by atoms with Gasteiger partial charge in [-0.15, -0.1) is 12.4 Å². The summed E-state index contributed by atoms with van der Waals surface area (Å²) in [6.07, 6.45) is 2.26. The molecule has 0 saturated carbocycles. The van der Waals surface area contributed by atoms with Crippen LogP contribution in [0.4, 0.5) is 0 Å². The number of halogens is 1. The van der Waals surface area contributed by atoms with Crippen molar-refractivity contribution in [2.45, 2.75) is 19.4 Å². The van der Waals surface area contributed by atoms with Crippen molar-refractivity contribution < 1.29 is 9.59 Å². The van der Waals surface area contributed by atoms with Crippen molar-refractivity contribution in [2.75, 3.05) is 19.6 Å². The molecule has 140 valence electrons. The van der Waals surface area contributed by atoms with E-state index in [0.717, 1.165) is 6.42 Å². The first-order chi connectivity index (χ1) is 12.0. The molecular formula is C18H23ClN4O3. The molecular weight excluding hydrogens is 356 g/mol. The van der Waals surface area contributed by atoms with Gasteiger partial charge in [0.15, 0.2) is 0 Å². The summed E-state index contributed by atoms with van der Waals surface area (Å²) in [7, 11) is 0. The number of rotatable bonds is 4. The van der Waals surface area contributed by atoms with E-state index in [2.05, 4.69) is 10.3 Å². The second-order valence-electron chi connectivity index (χ2n) is 6.49. The normalized spacial score (nSPS) is 19.2. The first kappa shape index (κ1) is 19.9. The van der Waals surface area contributed by atoms with Crippen molar-refractivity contribution in [3.8, 4) is 0 Å². The molecule has 1 aromatic carbocycles. The largest absolute Gasteiger partial charge is 0.360 e. The van der Waals surface area contributed by atoms with E-state index < -0.39 is 5.91 Å². The monoisotopic (exact) mass is 378 g/mol. The maximum atomic E-state index is 12.4. The van der Waals surface area contributed by atoms with Crippen LogP contribution in [0.3, 0.4) is 0 Å². The molecule has 0 aliphatic carbocycles. The van der Waals surface area contributed by atoms with E-state index in [-0.39, 0.29) is 41.9 Å². The average molecular weight is 379 g/mol. The lowest BCUT2D eigenvalue weighted by atomic mass is 10.1. The second kappa shape index (κ2) is 8.33. The molecule has 2 atom stereocenters. The predicted octanol–water partition coefficient (Wildman–Crippen LogP) is 0.875. The minimum Gasteiger partial charge on any atom is -0.360 e. The molecule has 0 bridgehead atoms. The summed E-state index contributed by atoms with van der Waals surface area (Å²) in [5.74, 6) is -0.408. The lowest BCUT2D eigenvalue weighted by molar-refractivity contribution is -0.130. The number of likely N-dealkylation sites (tertiary alicyclic amines) is 1. The van der Waals surface area contributed by atoms with Gasteiger partial charge < -0.3 is 20.9 Å². The summed E-state index contributed by atoms with van der Waals surface area (Å²) in [5, 5.41) is 3.00. The van der Waals surface area contributed by atoms with Gasteiger partial charge in [-0.1, -0.05) is 12.1 Å². The molecule has 2 amide bonds. The number of amides is 2. The highest BCUT2D eigenvalue weighted by Crippen LogP contribution is 2.21. The number of H-pyrrole nitrogens is 1. The SMILES string of the molecule is CC1CC(CN)CN1C(=O)CNC(=O)c1c[nH]c2ccccc2c1=O.Cl. The topological polar surface area (TPSA) is 108 Å². The zero-order valence-corrected chi connectivity index (χ0v) is 15.3. The molecule has 8 heteroatoms. The van der Waals surface area contributed by atoms with Gasteiger partial charge in [-0.05, 0) is 37.9 Å². The summed E-state index contributed by atoms with van der Waals surface area (Å²) in [4.78, 5) is 41.7. The number of aromatic amines is 1. The van der Waals surface area contributed by atoms with Crippen LogP contribution in [0.1, 0.15) is 23.7 Å². The van der Waals surface area contributed by atoms with Gasteiger partial charge in [-0.2, -0.15) is 0 Å². The van der Waals surface area contributed by atoms with Crippen molar-refractivity contribution in [2.24, 2.45) is 11.7 Å². The Morgan fingerprint density at radius 2 is 2.08 bits per heavy atom. The van der Waals surface area contributed by atoms with Crippen molar-refractivity contribution in [1.29, 1.82) is 0 Å². The van der Waals surface area contributed by atoms with E-state index in [1.54, 1.807) is 23.1 Å². The van der Waals surface area contributed by atoms with Crippen LogP contribution < -0.4 is 16.5 Å². The van der Waals surface area contributed by atoms with Gasteiger partial charge in [0.1, 0.15) is 5.56 Å². The molecule has 3 rings (SSSR count). The quantitative estimate of drug-likeness (QED) is 0.733. The van der Waals surface area contributed by atoms with Gasteiger partial charge in [-0.3, -0.25) is 14.4 Å². The van der Waals surface area contributed by atoms with Crippen molar-refractivity contribution in [1.82, 2.24) is 15.2 Å². The molecule has 4 N–H and O–H groups in total. The first-order valence-electron chi connectivity index (χ1n) is 8.39. The Morgan fingerprint density at radius 3 is 2.77 bits per heavy atom. The summed E-state index contributed by atoms with van der Waals surface area (Å²) < 4.78 is 0. The number of nitrogens with zero attached hydrogens (tertiary/aromatic N) is 1. The van der Waals surface area contributed by atoms with Crippen molar-refractivity contribution in [3.63, 3.8) is 0 Å². The van der Waals surface area contributed by atoms with Crippen LogP contribution in [0.25, 0.3) is 10.9 Å². The minimum absolute atomic E-state index is 0. The third-order valence-electron chi connectivity index (χ3n) is 4.75. The zero-order chi connectivity index (χ0) is 18.0. The van der Waals surface area contributed by atoms with Crippen LogP contribution in [0.15, 0.2) is 35.3 Å². The Kier molecular flexibility index (Phi) is 6.39. The lowest BCUT2D eigenvalue weighted by Gasteiger charge is -2.21. The van der Waals surface area contributed by atoms with Crippen LogP contribution in [0.5, 0.6) is 0 Å². The number of benzene rings is 1. The van der Waals surface area contributed by atoms with E-state index in [9.17, 15) is 14.4 Å². The van der Waals surface area contributed by atoms with Gasteiger partial charge in [0.2, 0.25) is 11.3 Å². The van der Waals surface area contributed by atoms with Crippen LogP contribution in [-0.2, 0) is 4.79 Å². The smallest absolute Gasteiger partial charge is 0.257 e. The number of hydrogen-bond donors (Lipinski definition) is 3. The van der Waals surface area contributed by atoms with Crippen molar-refractivity contribution in [3.05, 3.63) is 46.2 Å². The summed E-state index contributed by atoms with van der Waals surface area (Å²) in [6.45, 7) is 3.01. The molecule has 26 heavy (non-hydrogen) atoms. The Balaban J connectivity index is 0.00000243. The highest BCUT2D eigenvalue weighted by Gasteiger charge is 2.31. The fraction of sp³-hybridized carbons (Fsp3) is 0.389. The predicted molar refractivity (Wildman–Crippen MR) is 102 cm³/mol. The van der Waals surface area contributed by atoms with Gasteiger partial charge in [0.25, 0.3) is 5.91 Å². The van der Waals surface area contributed by atoms with Crippen LogP contribution >= 0.6 is 12.4 Å². The molecule has 1 aliphatic rings. The average Bonchev–Trinajstić information content (AvgIpc) is 3.01. The Hall–Kier alpha value is -2.38. The number of fused-ring (bicyclic) bond motifs is 1. The number of nitrogens with one attached hydrogen (secondary N) is 2. The number of hydrogen-bond acceptors (Lipinski definition) is 4. The van der Waals surface area contributed by atoms with Crippen LogP contribution in [-0.4, -0.2) is 47.4 Å². The second-order valence-corrected chi connectivity index (χ2v) is 6.49. The Morgan fingerprint density at radius 1 is 1.35 bits per heavy atom. The molecule has 1 aromatic heterocycles. The van der Waals surface area contributed by atoms with Gasteiger partial charge in [-0.25, -0.2) is 0 Å². The van der Waals surface area contributed by atoms with Gasteiger partial charge >= 0.3 is 0 Å². The number of carbonyl (C=O) groups excluding carboxylic acids is 2. The molecule has 2 heterocycles. The first-order valence-corrected chi connectivity index (χ1v) is 8.39. The highest BCUT2D eigenvalue weighted by atomic mass is 35.5. The molecule has 1 aliphatic heterocycles. The van der Waals surface area contributed by atoms with E-state index in [1.165, 1.54) is 6.20 Å². The highest BCUT2D eigenvalue weighted by molar-refractivity contribution is 5.98. The zero-order valence-electron chi connectivity index (χ0n) is 14.5. The Bertz CT molecular complexity index is 867. The number of nitrogens with two attached hydrogens (primary N) is 1. The number of aromatic nitrogens is 1. The number of pyridine rings is 1. The third kappa shape index (κ3) is 3.89.